The third-order valence-corrected chi connectivity index (χ3v) is 4.74. The van der Waals surface area contributed by atoms with Crippen LogP contribution >= 0.6 is 11.8 Å². The number of nitrogens with one attached hydrogen (secondary N) is 1. The molecule has 1 atom stereocenters. The molecule has 0 saturated heterocycles. The van der Waals surface area contributed by atoms with E-state index in [-0.39, 0.29) is 21.5 Å². The van der Waals surface area contributed by atoms with Gasteiger partial charge < -0.3 is 15.5 Å². The number of hydrogen-bond acceptors (Lipinski definition) is 6. The summed E-state index contributed by atoms with van der Waals surface area (Å²) in [4.78, 5) is -0.223. The monoisotopic (exact) mass is 306 g/mol. The maximum atomic E-state index is 13.0. The third kappa shape index (κ3) is 3.24. The quantitative estimate of drug-likeness (QED) is 0.747. The molecule has 2 rings (SSSR count). The molecule has 1 aromatic carbocycles. The third-order valence-electron chi connectivity index (χ3n) is 2.29. The minimum atomic E-state index is -3.95. The zero-order chi connectivity index (χ0) is 14.0. The lowest BCUT2D eigenvalue weighted by atomic mass is 10.3. The Morgan fingerprint density at radius 1 is 1.47 bits per heavy atom. The van der Waals surface area contributed by atoms with Gasteiger partial charge in [-0.3, -0.25) is 0 Å². The number of sulfonamides is 1. The highest BCUT2D eigenvalue weighted by atomic mass is 32.2. The standard InChI is InChI=1S/C10H11FN2O4S2/c11-6-1-2-8-9(3-6)19(16,17)13-10(12-8)18-5-7(15)4-14/h1-3,7,14-15H,4-5H2,(H,12,13). The summed E-state index contributed by atoms with van der Waals surface area (Å²) in [6.45, 7) is -0.422. The van der Waals surface area contributed by atoms with Crippen LogP contribution in [-0.4, -0.2) is 42.3 Å². The van der Waals surface area contributed by atoms with Gasteiger partial charge in [-0.25, -0.2) is 4.39 Å². The fourth-order valence-electron chi connectivity index (χ4n) is 1.40. The molecule has 0 saturated carbocycles. The van der Waals surface area contributed by atoms with Crippen LogP contribution in [0.3, 0.4) is 0 Å². The highest BCUT2D eigenvalue weighted by Gasteiger charge is 2.25. The van der Waals surface area contributed by atoms with Crippen LogP contribution in [0.1, 0.15) is 0 Å². The highest BCUT2D eigenvalue weighted by Crippen LogP contribution is 2.30. The molecule has 104 valence electrons. The van der Waals surface area contributed by atoms with Gasteiger partial charge in [0.2, 0.25) is 0 Å². The summed E-state index contributed by atoms with van der Waals surface area (Å²) in [6.07, 6.45) is -0.966. The number of rotatable bonds is 3. The maximum absolute atomic E-state index is 13.0. The van der Waals surface area contributed by atoms with E-state index in [4.69, 9.17) is 5.11 Å². The van der Waals surface area contributed by atoms with Crippen molar-refractivity contribution in [2.24, 2.45) is 4.40 Å². The summed E-state index contributed by atoms with van der Waals surface area (Å²) < 4.78 is 40.2. The van der Waals surface area contributed by atoms with E-state index in [1.54, 1.807) is 0 Å². The number of anilines is 1. The minimum absolute atomic E-state index is 0.0756. The average Bonchev–Trinajstić information content (AvgIpc) is 2.36. The van der Waals surface area contributed by atoms with Gasteiger partial charge in [-0.05, 0) is 18.2 Å². The molecular weight excluding hydrogens is 295 g/mol. The van der Waals surface area contributed by atoms with Crippen molar-refractivity contribution >= 4 is 32.6 Å². The van der Waals surface area contributed by atoms with E-state index in [9.17, 15) is 17.9 Å². The number of aliphatic hydroxyl groups is 2. The van der Waals surface area contributed by atoms with Crippen molar-refractivity contribution in [3.8, 4) is 0 Å². The lowest BCUT2D eigenvalue weighted by Crippen LogP contribution is -2.22. The van der Waals surface area contributed by atoms with Crippen LogP contribution in [0.25, 0.3) is 0 Å². The number of halogens is 1. The van der Waals surface area contributed by atoms with Gasteiger partial charge >= 0.3 is 0 Å². The van der Waals surface area contributed by atoms with Gasteiger partial charge in [0, 0.05) is 5.75 Å². The first kappa shape index (κ1) is 14.3. The molecule has 6 nitrogen and oxygen atoms in total. The number of amidine groups is 1. The van der Waals surface area contributed by atoms with Crippen molar-refractivity contribution in [1.29, 1.82) is 0 Å². The fraction of sp³-hybridized carbons (Fsp3) is 0.300. The molecule has 1 heterocycles. The molecule has 0 bridgehead atoms. The van der Waals surface area contributed by atoms with Crippen LogP contribution in [0.2, 0.25) is 0 Å². The van der Waals surface area contributed by atoms with Crippen LogP contribution in [-0.2, 0) is 10.0 Å². The lowest BCUT2D eigenvalue weighted by molar-refractivity contribution is 0.114. The Balaban J connectivity index is 2.25. The predicted octanol–water partition coefficient (Wildman–Crippen LogP) is 0.382. The molecule has 0 spiro atoms. The maximum Gasteiger partial charge on any atom is 0.286 e. The Bertz CT molecular complexity index is 618. The number of nitrogens with zero attached hydrogens (tertiary/aromatic N) is 1. The van der Waals surface area contributed by atoms with E-state index in [0.717, 1.165) is 23.9 Å². The Hall–Kier alpha value is -1.16. The Morgan fingerprint density at radius 3 is 2.89 bits per heavy atom. The number of hydrogen-bond donors (Lipinski definition) is 3. The SMILES string of the molecule is O=S1(=O)N=C(SCC(O)CO)Nc2ccc(F)cc21. The molecule has 1 aliphatic heterocycles. The van der Waals surface area contributed by atoms with E-state index < -0.39 is 28.6 Å². The van der Waals surface area contributed by atoms with Gasteiger partial charge in [-0.15, -0.1) is 4.40 Å². The average molecular weight is 306 g/mol. The molecule has 0 amide bonds. The van der Waals surface area contributed by atoms with E-state index in [0.29, 0.717) is 0 Å². The van der Waals surface area contributed by atoms with E-state index in [1.807, 2.05) is 0 Å². The second-order valence-corrected chi connectivity index (χ2v) is 6.37. The molecule has 1 aromatic rings. The van der Waals surface area contributed by atoms with E-state index in [2.05, 4.69) is 9.71 Å². The van der Waals surface area contributed by atoms with Crippen molar-refractivity contribution in [3.05, 3.63) is 24.0 Å². The highest BCUT2D eigenvalue weighted by molar-refractivity contribution is 8.14. The topological polar surface area (TPSA) is 99.0 Å². The number of thioether (sulfide) groups is 1. The summed E-state index contributed by atoms with van der Waals surface area (Å²) in [5, 5.41) is 20.7. The predicted molar refractivity (Wildman–Crippen MR) is 70.2 cm³/mol. The molecule has 0 aliphatic carbocycles. The van der Waals surface area contributed by atoms with Gasteiger partial charge in [0.25, 0.3) is 10.0 Å². The summed E-state index contributed by atoms with van der Waals surface area (Å²) in [6, 6.07) is 3.34. The zero-order valence-electron chi connectivity index (χ0n) is 9.58. The van der Waals surface area contributed by atoms with E-state index >= 15 is 0 Å². The van der Waals surface area contributed by atoms with Crippen molar-refractivity contribution in [1.82, 2.24) is 0 Å². The minimum Gasteiger partial charge on any atom is -0.394 e. The Labute approximate surface area is 113 Å². The number of fused-ring (bicyclic) bond motifs is 1. The molecule has 9 heteroatoms. The number of benzene rings is 1. The summed E-state index contributed by atoms with van der Waals surface area (Å²) in [5.74, 6) is -0.569. The molecule has 0 aromatic heterocycles. The van der Waals surface area contributed by atoms with Crippen LogP contribution < -0.4 is 5.32 Å². The Kier molecular flexibility index (Phi) is 4.09. The Morgan fingerprint density at radius 2 is 2.21 bits per heavy atom. The lowest BCUT2D eigenvalue weighted by Gasteiger charge is -2.18. The normalized spacial score (nSPS) is 18.2. The van der Waals surface area contributed by atoms with Crippen molar-refractivity contribution < 1.29 is 23.0 Å². The van der Waals surface area contributed by atoms with Gasteiger partial charge in [-0.1, -0.05) is 11.8 Å². The summed E-state index contributed by atoms with van der Waals surface area (Å²) in [5.41, 5.74) is 0.234. The first-order chi connectivity index (χ1) is 8.92. The summed E-state index contributed by atoms with van der Waals surface area (Å²) >= 11 is 0.956. The first-order valence-electron chi connectivity index (χ1n) is 5.25. The number of aliphatic hydroxyl groups excluding tert-OH is 2. The van der Waals surface area contributed by atoms with Crippen LogP contribution in [0.15, 0.2) is 27.5 Å². The zero-order valence-corrected chi connectivity index (χ0v) is 11.2. The molecular formula is C10H11FN2O4S2. The van der Waals surface area contributed by atoms with Gasteiger partial charge in [0.1, 0.15) is 10.7 Å². The summed E-state index contributed by atoms with van der Waals surface area (Å²) in [7, 11) is -3.95. The molecule has 1 aliphatic rings. The van der Waals surface area contributed by atoms with Gasteiger partial charge in [0.05, 0.1) is 18.4 Å². The molecule has 19 heavy (non-hydrogen) atoms. The smallest absolute Gasteiger partial charge is 0.286 e. The van der Waals surface area contributed by atoms with Crippen molar-refractivity contribution in [3.63, 3.8) is 0 Å². The van der Waals surface area contributed by atoms with Crippen molar-refractivity contribution in [2.45, 2.75) is 11.0 Å². The largest absolute Gasteiger partial charge is 0.394 e. The second-order valence-electron chi connectivity index (χ2n) is 3.78. The van der Waals surface area contributed by atoms with E-state index in [1.165, 1.54) is 6.07 Å². The molecule has 0 fully saturated rings. The fourth-order valence-corrected chi connectivity index (χ4v) is 3.56. The van der Waals surface area contributed by atoms with Crippen LogP contribution in [0, 0.1) is 5.82 Å². The molecule has 3 N–H and O–H groups in total. The molecule has 0 radical (unpaired) electrons. The van der Waals surface area contributed by atoms with Crippen LogP contribution in [0.5, 0.6) is 0 Å². The molecule has 1 unspecified atom stereocenters. The first-order valence-corrected chi connectivity index (χ1v) is 7.68. The second kappa shape index (κ2) is 5.45. The van der Waals surface area contributed by atoms with Gasteiger partial charge in [-0.2, -0.15) is 8.42 Å². The van der Waals surface area contributed by atoms with Crippen molar-refractivity contribution in [2.75, 3.05) is 17.7 Å². The van der Waals surface area contributed by atoms with Gasteiger partial charge in [0.15, 0.2) is 5.17 Å². The van der Waals surface area contributed by atoms with Crippen LogP contribution in [0.4, 0.5) is 10.1 Å².